The summed E-state index contributed by atoms with van der Waals surface area (Å²) in [7, 11) is 0. The Morgan fingerprint density at radius 2 is 2.00 bits per heavy atom. The van der Waals surface area contributed by atoms with Gasteiger partial charge in [-0.1, -0.05) is 0 Å². The normalized spacial score (nSPS) is 15.6. The second-order valence-electron chi connectivity index (χ2n) is 6.92. The molecule has 0 aliphatic carbocycles. The van der Waals surface area contributed by atoms with Crippen molar-refractivity contribution < 1.29 is 18.7 Å². The number of nitrogens with two attached hydrogens (primary N) is 1. The standard InChI is InChI=1S/C17H24FN3O3S/c1-17(2,3)24-16(22)21-8-6-12(7-9-21)23-14-5-4-11(10-13(14)18)20-15(19)25/h4-5,10,12H,6-9H2,1-3H3,(H3,19,20,25). The Morgan fingerprint density at radius 1 is 1.36 bits per heavy atom. The third kappa shape index (κ3) is 6.04. The molecule has 2 rings (SSSR count). The zero-order valence-corrected chi connectivity index (χ0v) is 15.5. The lowest BCUT2D eigenvalue weighted by atomic mass is 10.1. The van der Waals surface area contributed by atoms with Crippen LogP contribution in [0.3, 0.4) is 0 Å². The average molecular weight is 369 g/mol. The van der Waals surface area contributed by atoms with Crippen molar-refractivity contribution in [1.82, 2.24) is 4.90 Å². The Morgan fingerprint density at radius 3 is 2.52 bits per heavy atom. The van der Waals surface area contributed by atoms with Crippen molar-refractivity contribution in [1.29, 1.82) is 0 Å². The maximum atomic E-state index is 14.1. The van der Waals surface area contributed by atoms with Crippen molar-refractivity contribution in [3.8, 4) is 5.75 Å². The number of benzene rings is 1. The highest BCUT2D eigenvalue weighted by atomic mass is 32.1. The number of rotatable bonds is 3. The van der Waals surface area contributed by atoms with Crippen LogP contribution < -0.4 is 15.8 Å². The third-order valence-electron chi connectivity index (χ3n) is 3.59. The topological polar surface area (TPSA) is 76.8 Å². The van der Waals surface area contributed by atoms with Gasteiger partial charge in [-0.15, -0.1) is 0 Å². The molecule has 1 aromatic rings. The van der Waals surface area contributed by atoms with Crippen LogP contribution in [0.15, 0.2) is 18.2 Å². The minimum absolute atomic E-state index is 0.0718. The summed E-state index contributed by atoms with van der Waals surface area (Å²) in [6.07, 6.45) is 0.754. The number of amides is 1. The van der Waals surface area contributed by atoms with Crippen LogP contribution >= 0.6 is 12.2 Å². The van der Waals surface area contributed by atoms with Crippen molar-refractivity contribution in [3.05, 3.63) is 24.0 Å². The maximum absolute atomic E-state index is 14.1. The van der Waals surface area contributed by atoms with Gasteiger partial charge in [0.25, 0.3) is 0 Å². The van der Waals surface area contributed by atoms with E-state index in [1.807, 2.05) is 20.8 Å². The van der Waals surface area contributed by atoms with Crippen molar-refractivity contribution in [3.63, 3.8) is 0 Å². The van der Waals surface area contributed by atoms with Crippen LogP contribution in [0, 0.1) is 5.82 Å². The molecule has 1 saturated heterocycles. The summed E-state index contributed by atoms with van der Waals surface area (Å²) in [6.45, 7) is 6.53. The SMILES string of the molecule is CC(C)(C)OC(=O)N1CCC(Oc2ccc(NC(N)=S)cc2F)CC1. The Hall–Kier alpha value is -2.09. The van der Waals surface area contributed by atoms with Gasteiger partial charge >= 0.3 is 6.09 Å². The molecule has 0 saturated carbocycles. The zero-order chi connectivity index (χ0) is 18.6. The minimum Gasteiger partial charge on any atom is -0.487 e. The van der Waals surface area contributed by atoms with E-state index in [0.717, 1.165) is 0 Å². The summed E-state index contributed by atoms with van der Waals surface area (Å²) in [6, 6.07) is 4.47. The Bertz CT molecular complexity index is 641. The Labute approximate surface area is 152 Å². The first-order chi connectivity index (χ1) is 11.6. The molecule has 0 spiro atoms. The van der Waals surface area contributed by atoms with Gasteiger partial charge in [0.15, 0.2) is 16.7 Å². The van der Waals surface area contributed by atoms with Crippen LogP contribution in [-0.4, -0.2) is 40.9 Å². The number of ether oxygens (including phenoxy) is 2. The second kappa shape index (κ2) is 7.86. The van der Waals surface area contributed by atoms with Crippen LogP contribution in [0.25, 0.3) is 0 Å². The number of likely N-dealkylation sites (tertiary alicyclic amines) is 1. The molecule has 1 fully saturated rings. The van der Waals surface area contributed by atoms with E-state index < -0.39 is 11.4 Å². The monoisotopic (exact) mass is 369 g/mol. The summed E-state index contributed by atoms with van der Waals surface area (Å²) in [5.41, 5.74) is 5.31. The molecule has 0 atom stereocenters. The van der Waals surface area contributed by atoms with E-state index in [4.69, 9.17) is 27.4 Å². The Balaban J connectivity index is 1.88. The van der Waals surface area contributed by atoms with E-state index in [1.165, 1.54) is 12.1 Å². The molecule has 0 unspecified atom stereocenters. The lowest BCUT2D eigenvalue weighted by molar-refractivity contribution is 0.0123. The molecule has 1 aliphatic rings. The van der Waals surface area contributed by atoms with E-state index in [-0.39, 0.29) is 23.1 Å². The molecule has 1 aliphatic heterocycles. The summed E-state index contributed by atoms with van der Waals surface area (Å²) in [5.74, 6) is -0.319. The number of carbonyl (C=O) groups is 1. The largest absolute Gasteiger partial charge is 0.487 e. The molecule has 1 heterocycles. The molecule has 3 N–H and O–H groups in total. The smallest absolute Gasteiger partial charge is 0.410 e. The molecular formula is C17H24FN3O3S. The number of nitrogens with one attached hydrogen (secondary N) is 1. The van der Waals surface area contributed by atoms with Gasteiger partial charge in [0.05, 0.1) is 0 Å². The number of carbonyl (C=O) groups excluding carboxylic acids is 1. The van der Waals surface area contributed by atoms with Crippen LogP contribution in [0.1, 0.15) is 33.6 Å². The van der Waals surface area contributed by atoms with E-state index in [0.29, 0.717) is 31.6 Å². The molecule has 0 aromatic heterocycles. The quantitative estimate of drug-likeness (QED) is 0.797. The average Bonchev–Trinajstić information content (AvgIpc) is 2.48. The fourth-order valence-corrected chi connectivity index (χ4v) is 2.60. The summed E-state index contributed by atoms with van der Waals surface area (Å²) >= 11 is 4.72. The van der Waals surface area contributed by atoms with Gasteiger partial charge in [0, 0.05) is 37.7 Å². The number of hydrogen-bond acceptors (Lipinski definition) is 4. The molecule has 8 heteroatoms. The van der Waals surface area contributed by atoms with Crippen molar-refractivity contribution in [2.45, 2.75) is 45.3 Å². The van der Waals surface area contributed by atoms with E-state index in [1.54, 1.807) is 11.0 Å². The second-order valence-corrected chi connectivity index (χ2v) is 7.36. The fraction of sp³-hybridized carbons (Fsp3) is 0.529. The predicted molar refractivity (Wildman–Crippen MR) is 98.3 cm³/mol. The van der Waals surface area contributed by atoms with Crippen molar-refractivity contribution in [2.24, 2.45) is 5.73 Å². The van der Waals surface area contributed by atoms with Gasteiger partial charge < -0.3 is 25.4 Å². The number of anilines is 1. The highest BCUT2D eigenvalue weighted by molar-refractivity contribution is 7.80. The maximum Gasteiger partial charge on any atom is 0.410 e. The van der Waals surface area contributed by atoms with Crippen molar-refractivity contribution in [2.75, 3.05) is 18.4 Å². The molecule has 1 aromatic carbocycles. The fourth-order valence-electron chi connectivity index (χ4n) is 2.48. The molecular weight excluding hydrogens is 345 g/mol. The van der Waals surface area contributed by atoms with Gasteiger partial charge in [-0.2, -0.15) is 0 Å². The van der Waals surface area contributed by atoms with Gasteiger partial charge in [0.1, 0.15) is 11.7 Å². The molecule has 138 valence electrons. The van der Waals surface area contributed by atoms with Crippen molar-refractivity contribution >= 4 is 29.1 Å². The van der Waals surface area contributed by atoms with Crippen LogP contribution in [0.2, 0.25) is 0 Å². The van der Waals surface area contributed by atoms with Gasteiger partial charge in [-0.05, 0) is 45.1 Å². The molecule has 25 heavy (non-hydrogen) atoms. The Kier molecular flexibility index (Phi) is 6.05. The summed E-state index contributed by atoms with van der Waals surface area (Å²) in [5, 5.41) is 2.74. The number of nitrogens with zero attached hydrogens (tertiary/aromatic N) is 1. The zero-order valence-electron chi connectivity index (χ0n) is 14.7. The lowest BCUT2D eigenvalue weighted by Gasteiger charge is -2.33. The van der Waals surface area contributed by atoms with Gasteiger partial charge in [0.2, 0.25) is 0 Å². The molecule has 1 amide bonds. The molecule has 6 nitrogen and oxygen atoms in total. The highest BCUT2D eigenvalue weighted by Crippen LogP contribution is 2.25. The molecule has 0 radical (unpaired) electrons. The number of thiocarbonyl (C=S) groups is 1. The van der Waals surface area contributed by atoms with Gasteiger partial charge in [-0.25, -0.2) is 9.18 Å². The van der Waals surface area contributed by atoms with E-state index in [2.05, 4.69) is 5.32 Å². The molecule has 0 bridgehead atoms. The van der Waals surface area contributed by atoms with Crippen LogP contribution in [-0.2, 0) is 4.74 Å². The van der Waals surface area contributed by atoms with Crippen LogP contribution in [0.4, 0.5) is 14.9 Å². The minimum atomic E-state index is -0.519. The predicted octanol–water partition coefficient (Wildman–Crippen LogP) is 3.26. The van der Waals surface area contributed by atoms with E-state index >= 15 is 0 Å². The highest BCUT2D eigenvalue weighted by Gasteiger charge is 2.28. The third-order valence-corrected chi connectivity index (χ3v) is 3.69. The number of hydrogen-bond donors (Lipinski definition) is 2. The first kappa shape index (κ1) is 19.2. The number of halogens is 1. The lowest BCUT2D eigenvalue weighted by Crippen LogP contribution is -2.44. The van der Waals surface area contributed by atoms with E-state index in [9.17, 15) is 9.18 Å². The van der Waals surface area contributed by atoms with Gasteiger partial charge in [-0.3, -0.25) is 0 Å². The summed E-state index contributed by atoms with van der Waals surface area (Å²) in [4.78, 5) is 13.7. The first-order valence-electron chi connectivity index (χ1n) is 8.14. The number of piperidine rings is 1. The summed E-state index contributed by atoms with van der Waals surface area (Å²) < 4.78 is 25.2. The van der Waals surface area contributed by atoms with Crippen LogP contribution in [0.5, 0.6) is 5.75 Å². The first-order valence-corrected chi connectivity index (χ1v) is 8.55.